The van der Waals surface area contributed by atoms with Crippen LogP contribution in [0.4, 0.5) is 24.7 Å². The number of carbonyl (C=O) groups excluding carboxylic acids is 1. The molecule has 0 saturated heterocycles. The van der Waals surface area contributed by atoms with Gasteiger partial charge in [0, 0.05) is 23.9 Å². The predicted octanol–water partition coefficient (Wildman–Crippen LogP) is 5.01. The Morgan fingerprint density at radius 1 is 1.03 bits per heavy atom. The van der Waals surface area contributed by atoms with Crippen LogP contribution in [0.15, 0.2) is 73.3 Å². The molecule has 0 spiro atoms. The lowest BCUT2D eigenvalue weighted by molar-refractivity contribution is -0.137. The van der Waals surface area contributed by atoms with Gasteiger partial charge in [-0.25, -0.2) is 9.97 Å². The third-order valence-corrected chi connectivity index (χ3v) is 3.87. The average molecular weight is 398 g/mol. The van der Waals surface area contributed by atoms with Gasteiger partial charge in [0.15, 0.2) is 5.82 Å². The fourth-order valence-electron chi connectivity index (χ4n) is 2.52. The molecule has 1 amide bonds. The van der Waals surface area contributed by atoms with Gasteiger partial charge in [0.1, 0.15) is 11.5 Å². The molecule has 8 heteroatoms. The van der Waals surface area contributed by atoms with Crippen molar-refractivity contribution in [3.05, 3.63) is 84.6 Å². The van der Waals surface area contributed by atoms with Crippen LogP contribution in [0.5, 0.6) is 0 Å². The molecule has 0 radical (unpaired) electrons. The van der Waals surface area contributed by atoms with Crippen molar-refractivity contribution in [2.45, 2.75) is 6.18 Å². The van der Waals surface area contributed by atoms with Crippen molar-refractivity contribution < 1.29 is 18.0 Å². The number of carbonyl (C=O) groups is 1. The number of hydrogen-bond acceptors (Lipinski definition) is 4. The second kappa shape index (κ2) is 8.55. The van der Waals surface area contributed by atoms with Crippen molar-refractivity contribution in [2.24, 2.45) is 0 Å². The topological polar surface area (TPSA) is 66.9 Å². The first-order chi connectivity index (χ1) is 13.9. The minimum atomic E-state index is -4.50. The lowest BCUT2D eigenvalue weighted by Gasteiger charge is -2.11. The summed E-state index contributed by atoms with van der Waals surface area (Å²) in [5.41, 5.74) is -0.118. The average Bonchev–Trinajstić information content (AvgIpc) is 2.72. The number of hydrogen-bond donors (Lipinski definition) is 2. The number of nitrogens with zero attached hydrogens (tertiary/aromatic N) is 2. The smallest absolute Gasteiger partial charge is 0.366 e. The quantitative estimate of drug-likeness (QED) is 0.573. The summed E-state index contributed by atoms with van der Waals surface area (Å²) in [7, 11) is 0. The van der Waals surface area contributed by atoms with E-state index >= 15 is 0 Å². The normalized spacial score (nSPS) is 11.0. The van der Waals surface area contributed by atoms with Crippen molar-refractivity contribution in [1.82, 2.24) is 9.97 Å². The Kier molecular flexibility index (Phi) is 5.92. The number of rotatable bonds is 6. The fourth-order valence-corrected chi connectivity index (χ4v) is 2.52. The standard InChI is InChI=1S/C21H17F3N4O/c1-2-11-25-18-13-17(27-19(28-18)14-7-4-3-5-8-14)20(29)26-16-10-6-9-15(12-16)21(22,23)24/h2-10,12-13H,1,11H2,(H,26,29)(H,25,27,28). The maximum Gasteiger partial charge on any atom is 0.416 e. The molecule has 0 aliphatic heterocycles. The van der Waals surface area contributed by atoms with Crippen molar-refractivity contribution in [3.63, 3.8) is 0 Å². The maximum atomic E-state index is 12.9. The van der Waals surface area contributed by atoms with Gasteiger partial charge in [-0.15, -0.1) is 6.58 Å². The van der Waals surface area contributed by atoms with E-state index in [9.17, 15) is 18.0 Å². The molecule has 1 heterocycles. The highest BCUT2D eigenvalue weighted by atomic mass is 19.4. The van der Waals surface area contributed by atoms with E-state index in [2.05, 4.69) is 27.2 Å². The van der Waals surface area contributed by atoms with E-state index in [-0.39, 0.29) is 11.4 Å². The molecular weight excluding hydrogens is 381 g/mol. The number of aromatic nitrogens is 2. The molecular formula is C21H17F3N4O. The molecule has 0 bridgehead atoms. The van der Waals surface area contributed by atoms with Gasteiger partial charge in [0.05, 0.1) is 5.56 Å². The highest BCUT2D eigenvalue weighted by molar-refractivity contribution is 6.03. The number of amides is 1. The summed E-state index contributed by atoms with van der Waals surface area (Å²) < 4.78 is 38.7. The van der Waals surface area contributed by atoms with Crippen LogP contribution in [0.1, 0.15) is 16.1 Å². The van der Waals surface area contributed by atoms with Crippen molar-refractivity contribution >= 4 is 17.4 Å². The third kappa shape index (κ3) is 5.19. The molecule has 2 N–H and O–H groups in total. The first kappa shape index (κ1) is 20.1. The van der Waals surface area contributed by atoms with E-state index in [1.54, 1.807) is 18.2 Å². The van der Waals surface area contributed by atoms with Gasteiger partial charge in [-0.1, -0.05) is 42.5 Å². The first-order valence-electron chi connectivity index (χ1n) is 8.64. The van der Waals surface area contributed by atoms with E-state index in [1.807, 2.05) is 18.2 Å². The summed E-state index contributed by atoms with van der Waals surface area (Å²) in [6.45, 7) is 4.04. The van der Waals surface area contributed by atoms with Crippen LogP contribution in [-0.2, 0) is 6.18 Å². The zero-order chi connectivity index (χ0) is 20.9. The van der Waals surface area contributed by atoms with Crippen LogP contribution in [0.2, 0.25) is 0 Å². The summed E-state index contributed by atoms with van der Waals surface area (Å²) in [6.07, 6.45) is -2.87. The predicted molar refractivity (Wildman–Crippen MR) is 106 cm³/mol. The van der Waals surface area contributed by atoms with Crippen LogP contribution in [-0.4, -0.2) is 22.4 Å². The number of benzene rings is 2. The van der Waals surface area contributed by atoms with E-state index < -0.39 is 17.6 Å². The second-order valence-electron chi connectivity index (χ2n) is 6.03. The van der Waals surface area contributed by atoms with Crippen molar-refractivity contribution in [3.8, 4) is 11.4 Å². The van der Waals surface area contributed by atoms with Crippen LogP contribution >= 0.6 is 0 Å². The van der Waals surface area contributed by atoms with Gasteiger partial charge >= 0.3 is 6.18 Å². The van der Waals surface area contributed by atoms with E-state index in [1.165, 1.54) is 18.2 Å². The zero-order valence-electron chi connectivity index (χ0n) is 15.2. The minimum Gasteiger partial charge on any atom is -0.366 e. The Balaban J connectivity index is 1.92. The van der Waals surface area contributed by atoms with Crippen molar-refractivity contribution in [2.75, 3.05) is 17.2 Å². The van der Waals surface area contributed by atoms with Crippen LogP contribution in [0.25, 0.3) is 11.4 Å². The molecule has 3 aromatic rings. The lowest BCUT2D eigenvalue weighted by atomic mass is 10.2. The number of halogens is 3. The Bertz CT molecular complexity index is 1020. The van der Waals surface area contributed by atoms with Crippen molar-refractivity contribution in [1.29, 1.82) is 0 Å². The molecule has 3 rings (SSSR count). The largest absolute Gasteiger partial charge is 0.416 e. The summed E-state index contributed by atoms with van der Waals surface area (Å²) in [5.74, 6) is 0.0624. The Morgan fingerprint density at radius 3 is 2.48 bits per heavy atom. The summed E-state index contributed by atoms with van der Waals surface area (Å²) in [6, 6.07) is 14.9. The molecule has 0 fully saturated rings. The SMILES string of the molecule is C=CCNc1cc(C(=O)Nc2cccc(C(F)(F)F)c2)nc(-c2ccccc2)n1. The van der Waals surface area contributed by atoms with E-state index in [0.29, 0.717) is 23.8 Å². The second-order valence-corrected chi connectivity index (χ2v) is 6.03. The molecule has 5 nitrogen and oxygen atoms in total. The highest BCUT2D eigenvalue weighted by Crippen LogP contribution is 2.30. The minimum absolute atomic E-state index is 0.0165. The van der Waals surface area contributed by atoms with Gasteiger partial charge in [-0.3, -0.25) is 4.79 Å². The molecule has 0 aliphatic carbocycles. The number of nitrogens with one attached hydrogen (secondary N) is 2. The van der Waals surface area contributed by atoms with Crippen LogP contribution in [0, 0.1) is 0 Å². The van der Waals surface area contributed by atoms with Gasteiger partial charge in [-0.2, -0.15) is 13.2 Å². The van der Waals surface area contributed by atoms with Gasteiger partial charge in [0.2, 0.25) is 0 Å². The van der Waals surface area contributed by atoms with Gasteiger partial charge < -0.3 is 10.6 Å². The summed E-state index contributed by atoms with van der Waals surface area (Å²) in [4.78, 5) is 21.3. The third-order valence-electron chi connectivity index (χ3n) is 3.87. The Hall–Kier alpha value is -3.68. The number of alkyl halides is 3. The molecule has 29 heavy (non-hydrogen) atoms. The molecule has 1 aromatic heterocycles. The zero-order valence-corrected chi connectivity index (χ0v) is 15.2. The Labute approximate surface area is 165 Å². The fraction of sp³-hybridized carbons (Fsp3) is 0.0952. The number of anilines is 2. The van der Waals surface area contributed by atoms with E-state index in [4.69, 9.17) is 0 Å². The van der Waals surface area contributed by atoms with Gasteiger partial charge in [0.25, 0.3) is 5.91 Å². The van der Waals surface area contributed by atoms with Crippen LogP contribution in [0.3, 0.4) is 0 Å². The summed E-state index contributed by atoms with van der Waals surface area (Å²) in [5, 5.41) is 5.45. The lowest BCUT2D eigenvalue weighted by Crippen LogP contribution is -2.16. The van der Waals surface area contributed by atoms with Crippen LogP contribution < -0.4 is 10.6 Å². The molecule has 2 aromatic carbocycles. The first-order valence-corrected chi connectivity index (χ1v) is 8.64. The summed E-state index contributed by atoms with van der Waals surface area (Å²) >= 11 is 0. The highest BCUT2D eigenvalue weighted by Gasteiger charge is 2.30. The van der Waals surface area contributed by atoms with E-state index in [0.717, 1.165) is 12.1 Å². The van der Waals surface area contributed by atoms with Gasteiger partial charge in [-0.05, 0) is 18.2 Å². The molecule has 0 aliphatic rings. The molecule has 0 atom stereocenters. The molecule has 148 valence electrons. The Morgan fingerprint density at radius 2 is 1.79 bits per heavy atom. The monoisotopic (exact) mass is 398 g/mol. The molecule has 0 unspecified atom stereocenters. The maximum absolute atomic E-state index is 12.9. The molecule has 0 saturated carbocycles.